The smallest absolute Gasteiger partial charge is 0.298 e. The Morgan fingerprint density at radius 3 is 2.92 bits per heavy atom. The Morgan fingerprint density at radius 1 is 1.38 bits per heavy atom. The molecule has 6 heteroatoms. The quantitative estimate of drug-likeness (QED) is 0.662. The fraction of sp³-hybridized carbons (Fsp3) is 0. The van der Waals surface area contributed by atoms with Crippen LogP contribution >= 0.6 is 15.9 Å². The molecule has 0 saturated carbocycles. The molecule has 2 aromatic rings. The third-order valence-electron chi connectivity index (χ3n) is 1.63. The van der Waals surface area contributed by atoms with Gasteiger partial charge in [-0.1, -0.05) is 21.0 Å². The standard InChI is InChI=1S/C7H4BrN3O2/c8-4-1-2-5-6(3-4)11(13)10-7(12)9-5/h1-3H,(H-,9,10,12,13)/p+1. The molecular weight excluding hydrogens is 238 g/mol. The van der Waals surface area contributed by atoms with Crippen LogP contribution in [-0.2, 0) is 0 Å². The first kappa shape index (κ1) is 8.18. The van der Waals surface area contributed by atoms with Gasteiger partial charge in [-0.25, -0.2) is 4.79 Å². The maximum Gasteiger partial charge on any atom is 0.376 e. The van der Waals surface area contributed by atoms with Gasteiger partial charge in [0.1, 0.15) is 5.52 Å². The monoisotopic (exact) mass is 242 g/mol. The van der Waals surface area contributed by atoms with Crippen molar-refractivity contribution in [2.75, 3.05) is 0 Å². The Balaban J connectivity index is 3.04. The van der Waals surface area contributed by atoms with Crippen LogP contribution in [0.15, 0.2) is 27.5 Å². The highest BCUT2D eigenvalue weighted by atomic mass is 79.9. The van der Waals surface area contributed by atoms with E-state index in [4.69, 9.17) is 0 Å². The summed E-state index contributed by atoms with van der Waals surface area (Å²) in [5.74, 6) is 0. The molecule has 0 spiro atoms. The average Bonchev–Trinajstić information content (AvgIpc) is 2.06. The van der Waals surface area contributed by atoms with Gasteiger partial charge in [-0.3, -0.25) is 4.98 Å². The Hall–Kier alpha value is -1.43. The summed E-state index contributed by atoms with van der Waals surface area (Å²) in [5.41, 5.74) is 0.362. The molecule has 13 heavy (non-hydrogen) atoms. The molecule has 0 fully saturated rings. The van der Waals surface area contributed by atoms with E-state index < -0.39 is 5.69 Å². The fourth-order valence-electron chi connectivity index (χ4n) is 1.08. The van der Waals surface area contributed by atoms with Gasteiger partial charge in [0.15, 0.2) is 4.54 Å². The van der Waals surface area contributed by atoms with E-state index in [1.165, 1.54) is 0 Å². The highest BCUT2D eigenvalue weighted by molar-refractivity contribution is 9.10. The Bertz CT molecular complexity index is 572. The van der Waals surface area contributed by atoms with Gasteiger partial charge in [0.25, 0.3) is 0 Å². The van der Waals surface area contributed by atoms with E-state index in [0.717, 1.165) is 4.47 Å². The summed E-state index contributed by atoms with van der Waals surface area (Å²) >= 11 is 3.23. The molecule has 1 aromatic heterocycles. The molecule has 0 unspecified atom stereocenters. The molecule has 0 aliphatic heterocycles. The van der Waals surface area contributed by atoms with Crippen molar-refractivity contribution in [1.29, 1.82) is 0 Å². The van der Waals surface area contributed by atoms with Crippen LogP contribution in [0.2, 0.25) is 0 Å². The van der Waals surface area contributed by atoms with E-state index in [2.05, 4.69) is 26.0 Å². The number of nitrogens with zero attached hydrogens (tertiary/aromatic N) is 1. The number of benzene rings is 1. The van der Waals surface area contributed by atoms with Crippen LogP contribution in [0.1, 0.15) is 0 Å². The predicted molar refractivity (Wildman–Crippen MR) is 50.0 cm³/mol. The first-order valence-corrected chi connectivity index (χ1v) is 4.30. The fourth-order valence-corrected chi connectivity index (χ4v) is 1.43. The van der Waals surface area contributed by atoms with Crippen molar-refractivity contribution in [3.05, 3.63) is 38.1 Å². The lowest BCUT2D eigenvalue weighted by molar-refractivity contribution is -0.538. The van der Waals surface area contributed by atoms with Crippen molar-refractivity contribution in [2.24, 2.45) is 0 Å². The molecule has 66 valence electrons. The SMILES string of the molecule is O=c1[nH]c2ccc(Br)cc2[n+](=O)[nH]1. The first-order chi connectivity index (χ1) is 6.16. The Kier molecular flexibility index (Phi) is 1.77. The van der Waals surface area contributed by atoms with Gasteiger partial charge in [-0.15, -0.1) is 0 Å². The highest BCUT2D eigenvalue weighted by Gasteiger charge is 2.07. The number of hydrogen-bond acceptors (Lipinski definition) is 2. The zero-order chi connectivity index (χ0) is 9.42. The summed E-state index contributed by atoms with van der Waals surface area (Å²) in [6.07, 6.45) is 0. The van der Waals surface area contributed by atoms with Gasteiger partial charge >= 0.3 is 11.2 Å². The van der Waals surface area contributed by atoms with Gasteiger partial charge in [0.05, 0.1) is 4.91 Å². The number of hydrogen-bond donors (Lipinski definition) is 2. The first-order valence-electron chi connectivity index (χ1n) is 3.51. The van der Waals surface area contributed by atoms with Gasteiger partial charge in [0.2, 0.25) is 0 Å². The third kappa shape index (κ3) is 1.40. The van der Waals surface area contributed by atoms with Gasteiger partial charge < -0.3 is 0 Å². The minimum Gasteiger partial charge on any atom is -0.298 e. The van der Waals surface area contributed by atoms with Crippen molar-refractivity contribution in [3.63, 3.8) is 0 Å². The molecule has 0 amide bonds. The molecule has 0 atom stereocenters. The van der Waals surface area contributed by atoms with E-state index in [0.29, 0.717) is 15.6 Å². The normalized spacial score (nSPS) is 10.5. The summed E-state index contributed by atoms with van der Waals surface area (Å²) in [6.45, 7) is 0. The molecule has 5 nitrogen and oxygen atoms in total. The minimum absolute atomic E-state index is 0.383. The second-order valence-electron chi connectivity index (χ2n) is 2.52. The van der Waals surface area contributed by atoms with Gasteiger partial charge in [0, 0.05) is 10.5 Å². The van der Waals surface area contributed by atoms with Crippen LogP contribution in [0.4, 0.5) is 0 Å². The lowest BCUT2D eigenvalue weighted by Crippen LogP contribution is -2.30. The number of nitrogens with one attached hydrogen (secondary N) is 2. The second-order valence-corrected chi connectivity index (χ2v) is 3.44. The number of H-pyrrole nitrogens is 2. The zero-order valence-corrected chi connectivity index (χ0v) is 7.96. The van der Waals surface area contributed by atoms with E-state index in [1.807, 2.05) is 0 Å². The van der Waals surface area contributed by atoms with Crippen molar-refractivity contribution in [2.45, 2.75) is 0 Å². The molecule has 1 aromatic carbocycles. The average molecular weight is 243 g/mol. The summed E-state index contributed by atoms with van der Waals surface area (Å²) in [6, 6.07) is 5.02. The number of halogens is 1. The van der Waals surface area contributed by atoms with Crippen molar-refractivity contribution in [3.8, 4) is 0 Å². The van der Waals surface area contributed by atoms with E-state index in [-0.39, 0.29) is 0 Å². The summed E-state index contributed by atoms with van der Waals surface area (Å²) in [7, 11) is 0. The van der Waals surface area contributed by atoms with Gasteiger partial charge in [-0.2, -0.15) is 0 Å². The lowest BCUT2D eigenvalue weighted by atomic mass is 10.3. The molecule has 0 saturated heterocycles. The topological polar surface area (TPSA) is 71.6 Å². The summed E-state index contributed by atoms with van der Waals surface area (Å²) in [5, 5.41) is 2.07. The largest absolute Gasteiger partial charge is 0.376 e. The summed E-state index contributed by atoms with van der Waals surface area (Å²) < 4.78 is 1.21. The molecule has 0 aliphatic rings. The summed E-state index contributed by atoms with van der Waals surface area (Å²) in [4.78, 5) is 24.5. The van der Waals surface area contributed by atoms with Crippen LogP contribution in [0, 0.1) is 4.91 Å². The van der Waals surface area contributed by atoms with Crippen LogP contribution < -0.4 is 10.2 Å². The third-order valence-corrected chi connectivity index (χ3v) is 2.12. The Morgan fingerprint density at radius 2 is 2.15 bits per heavy atom. The molecule has 2 rings (SSSR count). The predicted octanol–water partition coefficient (Wildman–Crippen LogP) is 0.533. The number of rotatable bonds is 0. The second kappa shape index (κ2) is 2.81. The maximum absolute atomic E-state index is 11.2. The molecule has 0 aliphatic carbocycles. The van der Waals surface area contributed by atoms with Crippen molar-refractivity contribution < 1.29 is 4.54 Å². The van der Waals surface area contributed by atoms with Crippen LogP contribution in [0.5, 0.6) is 0 Å². The number of aromatic nitrogens is 3. The van der Waals surface area contributed by atoms with Gasteiger partial charge in [-0.05, 0) is 12.1 Å². The molecule has 0 radical (unpaired) electrons. The molecule has 1 heterocycles. The number of aromatic amines is 2. The number of fused-ring (bicyclic) bond motifs is 1. The minimum atomic E-state index is -0.523. The lowest BCUT2D eigenvalue weighted by Gasteiger charge is -1.88. The zero-order valence-electron chi connectivity index (χ0n) is 6.37. The van der Waals surface area contributed by atoms with Crippen molar-refractivity contribution in [1.82, 2.24) is 10.1 Å². The van der Waals surface area contributed by atoms with E-state index >= 15 is 0 Å². The van der Waals surface area contributed by atoms with E-state index in [1.54, 1.807) is 18.2 Å². The van der Waals surface area contributed by atoms with Crippen molar-refractivity contribution >= 4 is 27.0 Å². The maximum atomic E-state index is 11.2. The van der Waals surface area contributed by atoms with Crippen LogP contribution in [0.25, 0.3) is 11.0 Å². The molecule has 0 bridgehead atoms. The van der Waals surface area contributed by atoms with Crippen LogP contribution in [-0.4, -0.2) is 10.1 Å². The highest BCUT2D eigenvalue weighted by Crippen LogP contribution is 2.12. The van der Waals surface area contributed by atoms with Crippen LogP contribution in [0.3, 0.4) is 0 Å². The van der Waals surface area contributed by atoms with E-state index in [9.17, 15) is 9.70 Å². The molecule has 2 N–H and O–H groups in total. The Labute approximate surface area is 80.1 Å². The molecular formula is C7H5BrN3O2+.